The van der Waals surface area contributed by atoms with Crippen molar-refractivity contribution in [3.8, 4) is 0 Å². The summed E-state index contributed by atoms with van der Waals surface area (Å²) in [6, 6.07) is 5.83. The Morgan fingerprint density at radius 2 is 2.06 bits per heavy atom. The van der Waals surface area contributed by atoms with Gasteiger partial charge in [-0.1, -0.05) is 12.8 Å². The zero-order chi connectivity index (χ0) is 12.4. The van der Waals surface area contributed by atoms with E-state index in [0.717, 1.165) is 27.5 Å². The molecule has 1 saturated carbocycles. The monoisotopic (exact) mass is 259 g/mol. The van der Waals surface area contributed by atoms with Crippen LogP contribution in [0.25, 0.3) is 10.9 Å². The van der Waals surface area contributed by atoms with E-state index in [1.54, 1.807) is 6.33 Å². The van der Waals surface area contributed by atoms with Crippen molar-refractivity contribution in [1.82, 2.24) is 9.97 Å². The molecule has 0 saturated heterocycles. The van der Waals surface area contributed by atoms with Crippen molar-refractivity contribution in [1.29, 1.82) is 0 Å². The Morgan fingerprint density at radius 3 is 2.89 bits per heavy atom. The highest BCUT2D eigenvalue weighted by molar-refractivity contribution is 7.99. The molecule has 0 bridgehead atoms. The van der Waals surface area contributed by atoms with Crippen LogP contribution in [0.4, 0.5) is 5.69 Å². The van der Waals surface area contributed by atoms with Crippen LogP contribution in [0.1, 0.15) is 25.7 Å². The predicted octanol–water partition coefficient (Wildman–Crippen LogP) is 3.49. The van der Waals surface area contributed by atoms with E-state index >= 15 is 0 Å². The predicted molar refractivity (Wildman–Crippen MR) is 76.6 cm³/mol. The maximum absolute atomic E-state index is 5.85. The summed E-state index contributed by atoms with van der Waals surface area (Å²) in [5.41, 5.74) is 7.60. The molecule has 1 heterocycles. The average molecular weight is 259 g/mol. The van der Waals surface area contributed by atoms with Crippen molar-refractivity contribution in [2.75, 3.05) is 11.5 Å². The first kappa shape index (κ1) is 11.8. The van der Waals surface area contributed by atoms with Crippen LogP contribution in [0.2, 0.25) is 0 Å². The van der Waals surface area contributed by atoms with Crippen LogP contribution in [0.15, 0.2) is 29.6 Å². The number of anilines is 1. The maximum Gasteiger partial charge on any atom is 0.117 e. The van der Waals surface area contributed by atoms with Gasteiger partial charge in [0.05, 0.1) is 5.52 Å². The molecule has 0 radical (unpaired) electrons. The quantitative estimate of drug-likeness (QED) is 0.521. The van der Waals surface area contributed by atoms with Gasteiger partial charge in [0.25, 0.3) is 0 Å². The zero-order valence-corrected chi connectivity index (χ0v) is 11.1. The zero-order valence-electron chi connectivity index (χ0n) is 10.3. The van der Waals surface area contributed by atoms with Gasteiger partial charge in [0.1, 0.15) is 11.4 Å². The molecule has 94 valence electrons. The molecular weight excluding hydrogens is 242 g/mol. The van der Waals surface area contributed by atoms with Crippen LogP contribution in [0.3, 0.4) is 0 Å². The summed E-state index contributed by atoms with van der Waals surface area (Å²) in [5.74, 6) is 2.03. The van der Waals surface area contributed by atoms with Crippen molar-refractivity contribution in [3.05, 3.63) is 24.5 Å². The highest BCUT2D eigenvalue weighted by atomic mass is 32.2. The molecule has 2 N–H and O–H groups in total. The molecule has 0 aliphatic heterocycles. The Labute approximate surface area is 111 Å². The molecule has 3 rings (SSSR count). The molecule has 0 amide bonds. The van der Waals surface area contributed by atoms with E-state index in [0.29, 0.717) is 0 Å². The lowest BCUT2D eigenvalue weighted by molar-refractivity contribution is 0.623. The third-order valence-electron chi connectivity index (χ3n) is 3.55. The van der Waals surface area contributed by atoms with Crippen molar-refractivity contribution < 1.29 is 0 Å². The van der Waals surface area contributed by atoms with Gasteiger partial charge in [-0.15, -0.1) is 11.8 Å². The van der Waals surface area contributed by atoms with E-state index in [9.17, 15) is 0 Å². The fourth-order valence-corrected chi connectivity index (χ4v) is 3.71. The second kappa shape index (κ2) is 5.14. The Bertz CT molecular complexity index is 550. The van der Waals surface area contributed by atoms with Gasteiger partial charge in [-0.2, -0.15) is 0 Å². The summed E-state index contributed by atoms with van der Waals surface area (Å²) in [5, 5.41) is 2.15. The van der Waals surface area contributed by atoms with Crippen LogP contribution < -0.4 is 5.73 Å². The molecule has 1 aromatic heterocycles. The first-order valence-corrected chi connectivity index (χ1v) is 7.44. The van der Waals surface area contributed by atoms with Gasteiger partial charge < -0.3 is 5.73 Å². The number of fused-ring (bicyclic) bond motifs is 1. The molecule has 1 aliphatic carbocycles. The fourth-order valence-electron chi connectivity index (χ4n) is 2.54. The van der Waals surface area contributed by atoms with E-state index in [-0.39, 0.29) is 0 Å². The standard InChI is InChI=1S/C14H17N3S/c15-11-5-6-13-12(7-11)14(17-9-16-13)18-8-10-3-1-2-4-10/h5-7,9-10H,1-4,8,15H2. The van der Waals surface area contributed by atoms with Crippen LogP contribution in [-0.4, -0.2) is 15.7 Å². The number of nitrogens with zero attached hydrogens (tertiary/aromatic N) is 2. The van der Waals surface area contributed by atoms with Gasteiger partial charge in [0.2, 0.25) is 0 Å². The second-order valence-corrected chi connectivity index (χ2v) is 5.93. The molecule has 0 spiro atoms. The lowest BCUT2D eigenvalue weighted by atomic mass is 10.1. The van der Waals surface area contributed by atoms with E-state index in [2.05, 4.69) is 9.97 Å². The van der Waals surface area contributed by atoms with Gasteiger partial charge in [-0.25, -0.2) is 9.97 Å². The maximum atomic E-state index is 5.85. The number of nitrogens with two attached hydrogens (primary N) is 1. The molecule has 1 fully saturated rings. The van der Waals surface area contributed by atoms with Gasteiger partial charge in [-0.05, 0) is 37.0 Å². The number of rotatable bonds is 3. The van der Waals surface area contributed by atoms with E-state index in [4.69, 9.17) is 5.73 Å². The van der Waals surface area contributed by atoms with Gasteiger partial charge in [0.15, 0.2) is 0 Å². The molecule has 1 aliphatic rings. The third kappa shape index (κ3) is 2.43. The summed E-state index contributed by atoms with van der Waals surface area (Å²) in [6.07, 6.45) is 7.18. The molecule has 18 heavy (non-hydrogen) atoms. The lowest BCUT2D eigenvalue weighted by Gasteiger charge is -2.09. The minimum absolute atomic E-state index is 0.778. The molecule has 3 nitrogen and oxygen atoms in total. The minimum atomic E-state index is 0.778. The third-order valence-corrected chi connectivity index (χ3v) is 4.79. The average Bonchev–Trinajstić information content (AvgIpc) is 2.89. The number of hydrogen-bond acceptors (Lipinski definition) is 4. The first-order valence-electron chi connectivity index (χ1n) is 6.46. The summed E-state index contributed by atoms with van der Waals surface area (Å²) in [4.78, 5) is 8.69. The summed E-state index contributed by atoms with van der Waals surface area (Å²) < 4.78 is 0. The number of benzene rings is 1. The smallest absolute Gasteiger partial charge is 0.117 e. The largest absolute Gasteiger partial charge is 0.399 e. The molecular formula is C14H17N3S. The van der Waals surface area contributed by atoms with E-state index in [1.165, 1.54) is 31.4 Å². The van der Waals surface area contributed by atoms with Crippen LogP contribution >= 0.6 is 11.8 Å². The molecule has 2 aromatic rings. The summed E-state index contributed by atoms with van der Waals surface area (Å²) in [7, 11) is 0. The Hall–Kier alpha value is -1.29. The van der Waals surface area contributed by atoms with Crippen molar-refractivity contribution in [2.45, 2.75) is 30.7 Å². The molecule has 0 unspecified atom stereocenters. The first-order chi connectivity index (χ1) is 8.83. The topological polar surface area (TPSA) is 51.8 Å². The molecule has 0 atom stereocenters. The van der Waals surface area contributed by atoms with Gasteiger partial charge >= 0.3 is 0 Å². The van der Waals surface area contributed by atoms with E-state index < -0.39 is 0 Å². The highest BCUT2D eigenvalue weighted by Crippen LogP contribution is 2.32. The van der Waals surface area contributed by atoms with Gasteiger partial charge in [0, 0.05) is 16.8 Å². The van der Waals surface area contributed by atoms with Crippen LogP contribution in [-0.2, 0) is 0 Å². The minimum Gasteiger partial charge on any atom is -0.399 e. The van der Waals surface area contributed by atoms with Crippen molar-refractivity contribution in [2.24, 2.45) is 5.92 Å². The Morgan fingerprint density at radius 1 is 1.22 bits per heavy atom. The van der Waals surface area contributed by atoms with Crippen molar-refractivity contribution >= 4 is 28.4 Å². The van der Waals surface area contributed by atoms with Gasteiger partial charge in [-0.3, -0.25) is 0 Å². The Kier molecular flexibility index (Phi) is 3.37. The summed E-state index contributed by atoms with van der Waals surface area (Å²) in [6.45, 7) is 0. The van der Waals surface area contributed by atoms with Crippen LogP contribution in [0, 0.1) is 5.92 Å². The number of thioether (sulfide) groups is 1. The lowest BCUT2D eigenvalue weighted by Crippen LogP contribution is -1.98. The number of aromatic nitrogens is 2. The number of nitrogen functional groups attached to an aromatic ring is 1. The SMILES string of the molecule is Nc1ccc2ncnc(SCC3CCCC3)c2c1. The fraction of sp³-hybridized carbons (Fsp3) is 0.429. The molecule has 4 heteroatoms. The van der Waals surface area contributed by atoms with Crippen molar-refractivity contribution in [3.63, 3.8) is 0 Å². The second-order valence-electron chi connectivity index (χ2n) is 4.92. The molecule has 1 aromatic carbocycles. The van der Waals surface area contributed by atoms with Crippen LogP contribution in [0.5, 0.6) is 0 Å². The van der Waals surface area contributed by atoms with E-state index in [1.807, 2.05) is 30.0 Å². The summed E-state index contributed by atoms with van der Waals surface area (Å²) >= 11 is 1.85. The number of hydrogen-bond donors (Lipinski definition) is 1. The normalized spacial score (nSPS) is 16.4. The Balaban J connectivity index is 1.84. The highest BCUT2D eigenvalue weighted by Gasteiger charge is 2.16.